The van der Waals surface area contributed by atoms with Crippen molar-refractivity contribution in [1.29, 1.82) is 0 Å². The molecule has 0 bridgehead atoms. The van der Waals surface area contributed by atoms with E-state index in [-0.39, 0.29) is 17.5 Å². The highest BCUT2D eigenvalue weighted by Gasteiger charge is 2.29. The average Bonchev–Trinajstić information content (AvgIpc) is 2.91. The van der Waals surface area contributed by atoms with Crippen LogP contribution in [-0.4, -0.2) is 51.4 Å². The van der Waals surface area contributed by atoms with Crippen LogP contribution in [0.5, 0.6) is 0 Å². The molecule has 1 aliphatic heterocycles. The summed E-state index contributed by atoms with van der Waals surface area (Å²) in [5.74, 6) is 0.919. The van der Waals surface area contributed by atoms with E-state index in [1.807, 2.05) is 70.1 Å². The minimum absolute atomic E-state index is 0.0380. The molecule has 6 nitrogen and oxygen atoms in total. The monoisotopic (exact) mass is 468 g/mol. The molecule has 2 heterocycles. The fourth-order valence-corrected chi connectivity index (χ4v) is 5.22. The van der Waals surface area contributed by atoms with Gasteiger partial charge in [0.1, 0.15) is 5.82 Å². The third-order valence-corrected chi connectivity index (χ3v) is 7.06. The Morgan fingerprint density at radius 2 is 1.63 bits per heavy atom. The van der Waals surface area contributed by atoms with E-state index in [4.69, 9.17) is 4.98 Å². The molecule has 6 heteroatoms. The summed E-state index contributed by atoms with van der Waals surface area (Å²) in [5, 5.41) is 2.89. The zero-order chi connectivity index (χ0) is 24.4. The van der Waals surface area contributed by atoms with Crippen molar-refractivity contribution in [1.82, 2.24) is 19.4 Å². The van der Waals surface area contributed by atoms with E-state index in [1.165, 1.54) is 0 Å². The second kappa shape index (κ2) is 10.0. The number of benzene rings is 3. The number of hydrogen-bond donors (Lipinski definition) is 0. The summed E-state index contributed by atoms with van der Waals surface area (Å²) in [6.45, 7) is 7.72. The lowest BCUT2D eigenvalue weighted by atomic mass is 10.1. The molecule has 0 N–H and O–H groups in total. The number of carbonyl (C=O) groups is 1. The van der Waals surface area contributed by atoms with Crippen molar-refractivity contribution >= 4 is 27.6 Å². The maximum Gasteiger partial charge on any atom is 0.261 e. The molecule has 1 aromatic heterocycles. The van der Waals surface area contributed by atoms with Gasteiger partial charge in [-0.2, -0.15) is 0 Å². The maximum absolute atomic E-state index is 13.3. The minimum atomic E-state index is 0.0380. The molecule has 5 rings (SSSR count). The van der Waals surface area contributed by atoms with Gasteiger partial charge in [-0.3, -0.25) is 19.1 Å². The first-order valence-electron chi connectivity index (χ1n) is 12.6. The van der Waals surface area contributed by atoms with Gasteiger partial charge in [0.2, 0.25) is 0 Å². The summed E-state index contributed by atoms with van der Waals surface area (Å²) >= 11 is 0. The van der Waals surface area contributed by atoms with Gasteiger partial charge < -0.3 is 4.90 Å². The molecule has 0 aliphatic carbocycles. The van der Waals surface area contributed by atoms with E-state index in [1.54, 1.807) is 0 Å². The topological polar surface area (TPSA) is 58.4 Å². The van der Waals surface area contributed by atoms with Crippen LogP contribution >= 0.6 is 0 Å². The first kappa shape index (κ1) is 23.2. The fourth-order valence-electron chi connectivity index (χ4n) is 5.22. The number of piperazine rings is 1. The summed E-state index contributed by atoms with van der Waals surface area (Å²) in [7, 11) is 0. The molecular weight excluding hydrogens is 436 g/mol. The summed E-state index contributed by atoms with van der Waals surface area (Å²) in [6.07, 6.45) is 1.73. The summed E-state index contributed by atoms with van der Waals surface area (Å²) in [5.41, 5.74) is 1.52. The number of carbonyl (C=O) groups excluding carboxylic acids is 1. The second-order valence-electron chi connectivity index (χ2n) is 9.26. The first-order chi connectivity index (χ1) is 17.1. The number of aromatic nitrogens is 2. The van der Waals surface area contributed by atoms with Gasteiger partial charge in [-0.1, -0.05) is 56.3 Å². The van der Waals surface area contributed by atoms with Crippen molar-refractivity contribution in [3.05, 3.63) is 88.5 Å². The normalized spacial score (nSPS) is 15.5. The van der Waals surface area contributed by atoms with E-state index in [0.717, 1.165) is 53.6 Å². The molecule has 180 valence electrons. The largest absolute Gasteiger partial charge is 0.336 e. The molecule has 3 aromatic carbocycles. The van der Waals surface area contributed by atoms with Crippen molar-refractivity contribution in [2.24, 2.45) is 0 Å². The number of hydrogen-bond acceptors (Lipinski definition) is 4. The Balaban J connectivity index is 1.37. The Labute approximate surface area is 205 Å². The van der Waals surface area contributed by atoms with Gasteiger partial charge in [0, 0.05) is 38.3 Å². The predicted octanol–water partition coefficient (Wildman–Crippen LogP) is 4.87. The van der Waals surface area contributed by atoms with Gasteiger partial charge in [0.25, 0.3) is 11.5 Å². The summed E-state index contributed by atoms with van der Waals surface area (Å²) in [4.78, 5) is 35.8. The molecule has 1 atom stereocenters. The highest BCUT2D eigenvalue weighted by molar-refractivity contribution is 5.98. The predicted molar refractivity (Wildman–Crippen MR) is 141 cm³/mol. The number of amides is 1. The van der Waals surface area contributed by atoms with Gasteiger partial charge >= 0.3 is 0 Å². The Bertz CT molecular complexity index is 1420. The third kappa shape index (κ3) is 4.46. The van der Waals surface area contributed by atoms with E-state index < -0.39 is 0 Å². The van der Waals surface area contributed by atoms with Crippen LogP contribution in [-0.2, 0) is 6.54 Å². The smallest absolute Gasteiger partial charge is 0.261 e. The van der Waals surface area contributed by atoms with Gasteiger partial charge in [-0.15, -0.1) is 0 Å². The van der Waals surface area contributed by atoms with Crippen molar-refractivity contribution in [2.45, 2.75) is 39.3 Å². The van der Waals surface area contributed by atoms with Gasteiger partial charge in [0.15, 0.2) is 0 Å². The SMILES string of the molecule is CCCn1c(C(CC)N2CCN(C(=O)c3ccc4ccccc4c3)CC2)nc2ccccc2c1=O. The highest BCUT2D eigenvalue weighted by Crippen LogP contribution is 2.26. The van der Waals surface area contributed by atoms with Crippen LogP contribution in [0.3, 0.4) is 0 Å². The van der Waals surface area contributed by atoms with Crippen LogP contribution < -0.4 is 5.56 Å². The van der Waals surface area contributed by atoms with Crippen LogP contribution in [0.1, 0.15) is 48.9 Å². The van der Waals surface area contributed by atoms with E-state index in [0.29, 0.717) is 25.0 Å². The van der Waals surface area contributed by atoms with Gasteiger partial charge in [-0.25, -0.2) is 4.98 Å². The second-order valence-corrected chi connectivity index (χ2v) is 9.26. The van der Waals surface area contributed by atoms with Crippen molar-refractivity contribution < 1.29 is 4.79 Å². The summed E-state index contributed by atoms with van der Waals surface area (Å²) < 4.78 is 1.86. The van der Waals surface area contributed by atoms with Crippen LogP contribution in [0.2, 0.25) is 0 Å². The average molecular weight is 469 g/mol. The molecule has 1 unspecified atom stereocenters. The zero-order valence-corrected chi connectivity index (χ0v) is 20.5. The van der Waals surface area contributed by atoms with Crippen LogP contribution in [0, 0.1) is 0 Å². The first-order valence-corrected chi connectivity index (χ1v) is 12.6. The van der Waals surface area contributed by atoms with Gasteiger partial charge in [-0.05, 0) is 47.9 Å². The Morgan fingerprint density at radius 3 is 2.37 bits per heavy atom. The van der Waals surface area contributed by atoms with Crippen LogP contribution in [0.25, 0.3) is 21.7 Å². The quantitative estimate of drug-likeness (QED) is 0.405. The molecule has 1 saturated heterocycles. The molecular formula is C29H32N4O2. The summed E-state index contributed by atoms with van der Waals surface area (Å²) in [6, 6.07) is 21.7. The molecule has 35 heavy (non-hydrogen) atoms. The molecule has 1 aliphatic rings. The molecule has 1 amide bonds. The standard InChI is InChI=1S/C29H32N4O2/c1-3-15-33-27(30-25-12-8-7-11-24(25)29(33)35)26(4-2)31-16-18-32(19-17-31)28(34)23-14-13-21-9-5-6-10-22(21)20-23/h5-14,20,26H,3-4,15-19H2,1-2H3. The van der Waals surface area contributed by atoms with Crippen molar-refractivity contribution in [3.63, 3.8) is 0 Å². The molecule has 0 radical (unpaired) electrons. The van der Waals surface area contributed by atoms with Crippen LogP contribution in [0.4, 0.5) is 0 Å². The van der Waals surface area contributed by atoms with Crippen LogP contribution in [0.15, 0.2) is 71.5 Å². The number of rotatable bonds is 6. The Kier molecular flexibility index (Phi) is 6.64. The minimum Gasteiger partial charge on any atom is -0.336 e. The molecule has 1 fully saturated rings. The van der Waals surface area contributed by atoms with Gasteiger partial charge in [0.05, 0.1) is 16.9 Å². The lowest BCUT2D eigenvalue weighted by Crippen LogP contribution is -2.50. The Morgan fingerprint density at radius 1 is 0.914 bits per heavy atom. The number of para-hydroxylation sites is 1. The van der Waals surface area contributed by atoms with E-state index in [2.05, 4.69) is 24.8 Å². The number of nitrogens with zero attached hydrogens (tertiary/aromatic N) is 4. The fraction of sp³-hybridized carbons (Fsp3) is 0.345. The maximum atomic E-state index is 13.3. The molecule has 0 saturated carbocycles. The zero-order valence-electron chi connectivity index (χ0n) is 20.5. The highest BCUT2D eigenvalue weighted by atomic mass is 16.2. The Hall–Kier alpha value is -3.51. The van der Waals surface area contributed by atoms with Crippen molar-refractivity contribution in [2.75, 3.05) is 26.2 Å². The lowest BCUT2D eigenvalue weighted by Gasteiger charge is -2.39. The van der Waals surface area contributed by atoms with E-state index in [9.17, 15) is 9.59 Å². The van der Waals surface area contributed by atoms with E-state index >= 15 is 0 Å². The molecule has 0 spiro atoms. The van der Waals surface area contributed by atoms with Crippen molar-refractivity contribution in [3.8, 4) is 0 Å². The lowest BCUT2D eigenvalue weighted by molar-refractivity contribution is 0.0548. The number of fused-ring (bicyclic) bond motifs is 2. The molecule has 4 aromatic rings. The third-order valence-electron chi connectivity index (χ3n) is 7.06.